The summed E-state index contributed by atoms with van der Waals surface area (Å²) in [6, 6.07) is 10.1. The van der Waals surface area contributed by atoms with Crippen LogP contribution in [0.2, 0.25) is 0 Å². The fraction of sp³-hybridized carbons (Fsp3) is 0.250. The van der Waals surface area contributed by atoms with Crippen molar-refractivity contribution < 1.29 is 0 Å². The molecule has 2 heterocycles. The highest BCUT2D eigenvalue weighted by atomic mass is 16.1. The van der Waals surface area contributed by atoms with Gasteiger partial charge in [0, 0.05) is 18.8 Å². The number of fused-ring (bicyclic) bond motifs is 1. The Kier molecular flexibility index (Phi) is 3.58. The number of rotatable bonds is 4. The molecule has 0 aliphatic rings. The van der Waals surface area contributed by atoms with Crippen LogP contribution in [0.5, 0.6) is 0 Å². The smallest absolute Gasteiger partial charge is 0.306 e. The lowest BCUT2D eigenvalue weighted by molar-refractivity contribution is 0.566. The highest BCUT2D eigenvalue weighted by Crippen LogP contribution is 2.17. The van der Waals surface area contributed by atoms with Gasteiger partial charge in [-0.2, -0.15) is 0 Å². The van der Waals surface area contributed by atoms with E-state index < -0.39 is 0 Å². The van der Waals surface area contributed by atoms with Crippen molar-refractivity contribution in [3.8, 4) is 0 Å². The van der Waals surface area contributed by atoms with Crippen LogP contribution in [0.4, 0.5) is 0 Å². The highest BCUT2D eigenvalue weighted by Gasteiger charge is 2.08. The van der Waals surface area contributed by atoms with Crippen LogP contribution >= 0.6 is 0 Å². The van der Waals surface area contributed by atoms with Crippen LogP contribution in [0.15, 0.2) is 41.3 Å². The number of nitrogens with one attached hydrogen (secondary N) is 3. The number of benzene rings is 1. The van der Waals surface area contributed by atoms with Gasteiger partial charge in [0.2, 0.25) is 0 Å². The quantitative estimate of drug-likeness (QED) is 0.688. The normalized spacial score (nSPS) is 12.7. The van der Waals surface area contributed by atoms with Gasteiger partial charge < -0.3 is 15.3 Å². The number of pyridine rings is 1. The van der Waals surface area contributed by atoms with Gasteiger partial charge in [-0.05, 0) is 43.2 Å². The molecule has 3 rings (SSSR count). The van der Waals surface area contributed by atoms with E-state index in [1.807, 2.05) is 30.5 Å². The van der Waals surface area contributed by atoms with Crippen molar-refractivity contribution in [1.29, 1.82) is 0 Å². The number of imidazole rings is 1. The van der Waals surface area contributed by atoms with E-state index in [2.05, 4.69) is 40.2 Å². The first-order chi connectivity index (χ1) is 10.1. The van der Waals surface area contributed by atoms with E-state index >= 15 is 0 Å². The summed E-state index contributed by atoms with van der Waals surface area (Å²) < 4.78 is 0. The predicted molar refractivity (Wildman–Crippen MR) is 83.1 cm³/mol. The number of aromatic nitrogens is 3. The Morgan fingerprint density at radius 2 is 2.05 bits per heavy atom. The van der Waals surface area contributed by atoms with E-state index in [1.165, 1.54) is 5.56 Å². The van der Waals surface area contributed by atoms with E-state index in [0.717, 1.165) is 28.8 Å². The number of nitrogens with zero attached hydrogens (tertiary/aromatic N) is 1. The molecule has 0 radical (unpaired) electrons. The molecule has 0 bridgehead atoms. The molecule has 0 amide bonds. The molecule has 0 aliphatic heterocycles. The molecule has 5 heteroatoms. The monoisotopic (exact) mass is 282 g/mol. The van der Waals surface area contributed by atoms with E-state index in [-0.39, 0.29) is 11.7 Å². The zero-order valence-electron chi connectivity index (χ0n) is 12.1. The molecular formula is C16H18N4O. The summed E-state index contributed by atoms with van der Waals surface area (Å²) in [6.45, 7) is 4.88. The topological polar surface area (TPSA) is 73.6 Å². The van der Waals surface area contributed by atoms with Gasteiger partial charge in [0.15, 0.2) is 0 Å². The zero-order valence-corrected chi connectivity index (χ0v) is 12.1. The van der Waals surface area contributed by atoms with Crippen LogP contribution in [0.3, 0.4) is 0 Å². The maximum absolute atomic E-state index is 11.3. The number of H-pyrrole nitrogens is 2. The summed E-state index contributed by atoms with van der Waals surface area (Å²) >= 11 is 0. The van der Waals surface area contributed by atoms with Crippen LogP contribution in [0, 0.1) is 6.92 Å². The molecule has 2 aromatic heterocycles. The zero-order chi connectivity index (χ0) is 14.8. The van der Waals surface area contributed by atoms with Gasteiger partial charge in [0.25, 0.3) is 0 Å². The van der Waals surface area contributed by atoms with Gasteiger partial charge in [0.1, 0.15) is 0 Å². The van der Waals surface area contributed by atoms with Crippen molar-refractivity contribution >= 4 is 11.0 Å². The van der Waals surface area contributed by atoms with Crippen LogP contribution in [-0.2, 0) is 6.54 Å². The van der Waals surface area contributed by atoms with Crippen molar-refractivity contribution in [3.05, 3.63) is 63.8 Å². The summed E-state index contributed by atoms with van der Waals surface area (Å²) in [5.41, 5.74) is 4.86. The molecule has 108 valence electrons. The molecule has 1 unspecified atom stereocenters. The van der Waals surface area contributed by atoms with Crippen LogP contribution in [0.1, 0.15) is 29.8 Å². The molecule has 0 aliphatic carbocycles. The van der Waals surface area contributed by atoms with Gasteiger partial charge in [-0.15, -0.1) is 0 Å². The standard InChI is InChI=1S/C16H18N4O/c1-10-4-3-7-17-15(10)9-18-11(2)12-5-6-13-14(8-12)20-16(21)19-13/h3-8,11,18H,9H2,1-2H3,(H2,19,20,21). The lowest BCUT2D eigenvalue weighted by Gasteiger charge is -2.15. The lowest BCUT2D eigenvalue weighted by Crippen LogP contribution is -2.19. The Morgan fingerprint density at radius 1 is 1.24 bits per heavy atom. The van der Waals surface area contributed by atoms with Gasteiger partial charge >= 0.3 is 5.69 Å². The number of aromatic amines is 2. The average Bonchev–Trinajstić information content (AvgIpc) is 2.85. The first-order valence-electron chi connectivity index (χ1n) is 6.99. The maximum Gasteiger partial charge on any atom is 0.323 e. The molecule has 5 nitrogen and oxygen atoms in total. The van der Waals surface area contributed by atoms with Gasteiger partial charge in [-0.3, -0.25) is 4.98 Å². The molecule has 1 aromatic carbocycles. The highest BCUT2D eigenvalue weighted by molar-refractivity contribution is 5.75. The minimum absolute atomic E-state index is 0.174. The minimum atomic E-state index is -0.174. The third-order valence-corrected chi connectivity index (χ3v) is 3.73. The number of hydrogen-bond acceptors (Lipinski definition) is 3. The number of hydrogen-bond donors (Lipinski definition) is 3. The molecule has 3 N–H and O–H groups in total. The molecular weight excluding hydrogens is 264 g/mol. The van der Waals surface area contributed by atoms with Crippen LogP contribution in [-0.4, -0.2) is 15.0 Å². The Bertz CT molecular complexity index is 818. The largest absolute Gasteiger partial charge is 0.323 e. The Hall–Kier alpha value is -2.40. The van der Waals surface area contributed by atoms with Crippen LogP contribution < -0.4 is 11.0 Å². The molecule has 1 atom stereocenters. The van der Waals surface area contributed by atoms with E-state index in [4.69, 9.17) is 0 Å². The van der Waals surface area contributed by atoms with E-state index in [0.29, 0.717) is 0 Å². The van der Waals surface area contributed by atoms with Crippen molar-refractivity contribution in [2.75, 3.05) is 0 Å². The first kappa shape index (κ1) is 13.6. The summed E-state index contributed by atoms with van der Waals surface area (Å²) in [5.74, 6) is 0. The Labute approximate surface area is 122 Å². The SMILES string of the molecule is Cc1cccnc1CNC(C)c1ccc2[nH]c(=O)[nH]c2c1. The third-order valence-electron chi connectivity index (χ3n) is 3.73. The Balaban J connectivity index is 1.76. The first-order valence-corrected chi connectivity index (χ1v) is 6.99. The number of aryl methyl sites for hydroxylation is 1. The van der Waals surface area contributed by atoms with Crippen LogP contribution in [0.25, 0.3) is 11.0 Å². The summed E-state index contributed by atoms with van der Waals surface area (Å²) in [6.07, 6.45) is 1.81. The second-order valence-corrected chi connectivity index (χ2v) is 5.25. The molecule has 0 fully saturated rings. The van der Waals surface area contributed by atoms with Gasteiger partial charge in [-0.1, -0.05) is 12.1 Å². The lowest BCUT2D eigenvalue weighted by atomic mass is 10.1. The second kappa shape index (κ2) is 5.54. The van der Waals surface area contributed by atoms with Crippen molar-refractivity contribution in [3.63, 3.8) is 0 Å². The van der Waals surface area contributed by atoms with Crippen molar-refractivity contribution in [1.82, 2.24) is 20.3 Å². The predicted octanol–water partition coefficient (Wildman–Crippen LogP) is 2.41. The van der Waals surface area contributed by atoms with Crippen molar-refractivity contribution in [2.45, 2.75) is 26.4 Å². The molecule has 21 heavy (non-hydrogen) atoms. The van der Waals surface area contributed by atoms with Gasteiger partial charge in [-0.25, -0.2) is 4.79 Å². The fourth-order valence-electron chi connectivity index (χ4n) is 2.39. The third kappa shape index (κ3) is 2.87. The summed E-state index contributed by atoms with van der Waals surface area (Å²) in [5, 5.41) is 3.46. The van der Waals surface area contributed by atoms with Gasteiger partial charge in [0.05, 0.1) is 16.7 Å². The summed E-state index contributed by atoms with van der Waals surface area (Å²) in [7, 11) is 0. The molecule has 3 aromatic rings. The molecule has 0 saturated carbocycles. The fourth-order valence-corrected chi connectivity index (χ4v) is 2.39. The Morgan fingerprint density at radius 3 is 2.86 bits per heavy atom. The van der Waals surface area contributed by atoms with E-state index in [9.17, 15) is 4.79 Å². The van der Waals surface area contributed by atoms with Crippen molar-refractivity contribution in [2.24, 2.45) is 0 Å². The minimum Gasteiger partial charge on any atom is -0.306 e. The molecule has 0 spiro atoms. The second-order valence-electron chi connectivity index (χ2n) is 5.25. The molecule has 0 saturated heterocycles. The average molecular weight is 282 g/mol. The maximum atomic E-state index is 11.3. The summed E-state index contributed by atoms with van der Waals surface area (Å²) in [4.78, 5) is 21.2. The van der Waals surface area contributed by atoms with E-state index in [1.54, 1.807) is 0 Å².